The van der Waals surface area contributed by atoms with Gasteiger partial charge in [0.1, 0.15) is 23.9 Å². The summed E-state index contributed by atoms with van der Waals surface area (Å²) in [7, 11) is 0. The molecule has 0 aromatic heterocycles. The highest BCUT2D eigenvalue weighted by Crippen LogP contribution is 2.12. The number of phenols is 1. The lowest BCUT2D eigenvalue weighted by molar-refractivity contribution is -0.143. The first kappa shape index (κ1) is 27.4. The quantitative estimate of drug-likeness (QED) is 0.242. The lowest BCUT2D eigenvalue weighted by Gasteiger charge is -2.24. The van der Waals surface area contributed by atoms with E-state index in [1.165, 1.54) is 19.1 Å². The number of nitrogens with one attached hydrogen (secondary N) is 3. The average Bonchev–Trinajstić information content (AvgIpc) is 2.70. The van der Waals surface area contributed by atoms with Crippen LogP contribution < -0.4 is 16.0 Å². The number of aromatic hydroxyl groups is 1. The van der Waals surface area contributed by atoms with Gasteiger partial charge in [0.15, 0.2) is 0 Å². The van der Waals surface area contributed by atoms with E-state index >= 15 is 0 Å². The minimum atomic E-state index is -1.32. The molecule has 0 aliphatic rings. The van der Waals surface area contributed by atoms with Crippen LogP contribution in [0.2, 0.25) is 0 Å². The summed E-state index contributed by atoms with van der Waals surface area (Å²) in [5, 5.41) is 35.0. The molecule has 0 spiro atoms. The molecule has 11 heteroatoms. The Morgan fingerprint density at radius 3 is 1.88 bits per heavy atom. The molecule has 0 fully saturated rings. The van der Waals surface area contributed by atoms with Gasteiger partial charge in [-0.05, 0) is 36.5 Å². The number of carbonyl (C=O) groups is 5. The maximum absolute atomic E-state index is 12.9. The third kappa shape index (κ3) is 10.5. The van der Waals surface area contributed by atoms with Gasteiger partial charge >= 0.3 is 11.9 Å². The van der Waals surface area contributed by atoms with Crippen molar-refractivity contribution in [1.29, 1.82) is 0 Å². The third-order valence-electron chi connectivity index (χ3n) is 4.67. The molecule has 0 heterocycles. The molecule has 11 nitrogen and oxygen atoms in total. The maximum atomic E-state index is 12.9. The second kappa shape index (κ2) is 13.0. The minimum Gasteiger partial charge on any atom is -0.508 e. The van der Waals surface area contributed by atoms with Crippen molar-refractivity contribution >= 4 is 29.7 Å². The van der Waals surface area contributed by atoms with Crippen LogP contribution >= 0.6 is 0 Å². The van der Waals surface area contributed by atoms with Crippen molar-refractivity contribution in [1.82, 2.24) is 16.0 Å². The Kier molecular flexibility index (Phi) is 10.8. The van der Waals surface area contributed by atoms with Gasteiger partial charge in [-0.15, -0.1) is 0 Å². The molecule has 0 aliphatic carbocycles. The fourth-order valence-corrected chi connectivity index (χ4v) is 3.10. The van der Waals surface area contributed by atoms with E-state index in [4.69, 9.17) is 5.11 Å². The predicted octanol–water partition coefficient (Wildman–Crippen LogP) is 0.405. The van der Waals surface area contributed by atoms with Crippen molar-refractivity contribution in [2.24, 2.45) is 5.92 Å². The van der Waals surface area contributed by atoms with Gasteiger partial charge in [0.05, 0.1) is 0 Å². The van der Waals surface area contributed by atoms with Gasteiger partial charge in [0, 0.05) is 19.8 Å². The van der Waals surface area contributed by atoms with Gasteiger partial charge in [0.25, 0.3) is 0 Å². The molecule has 0 saturated carbocycles. The fraction of sp³-hybridized carbons (Fsp3) is 0.500. The van der Waals surface area contributed by atoms with Crippen LogP contribution in [0.15, 0.2) is 24.3 Å². The third-order valence-corrected chi connectivity index (χ3v) is 4.67. The molecular formula is C22H31N3O8. The monoisotopic (exact) mass is 465 g/mol. The van der Waals surface area contributed by atoms with Crippen molar-refractivity contribution in [3.63, 3.8) is 0 Å². The number of aliphatic carboxylic acids is 2. The zero-order valence-corrected chi connectivity index (χ0v) is 18.8. The van der Waals surface area contributed by atoms with E-state index in [1.807, 2.05) is 0 Å². The summed E-state index contributed by atoms with van der Waals surface area (Å²) in [6, 6.07) is 2.36. The number of phenolic OH excluding ortho intramolecular Hbond substituents is 1. The number of benzene rings is 1. The summed E-state index contributed by atoms with van der Waals surface area (Å²) >= 11 is 0. The molecule has 0 aliphatic heterocycles. The van der Waals surface area contributed by atoms with E-state index in [0.717, 1.165) is 0 Å². The van der Waals surface area contributed by atoms with Gasteiger partial charge in [-0.25, -0.2) is 4.79 Å². The molecule has 0 saturated heterocycles. The number of rotatable bonds is 13. The Labute approximate surface area is 191 Å². The van der Waals surface area contributed by atoms with Crippen LogP contribution in [0.5, 0.6) is 5.75 Å². The van der Waals surface area contributed by atoms with Crippen LogP contribution in [0, 0.1) is 5.92 Å². The van der Waals surface area contributed by atoms with Gasteiger partial charge in [-0.3, -0.25) is 19.2 Å². The lowest BCUT2D eigenvalue weighted by atomic mass is 10.0. The zero-order chi connectivity index (χ0) is 25.1. The highest BCUT2D eigenvalue weighted by Gasteiger charge is 2.30. The average molecular weight is 466 g/mol. The molecule has 1 rings (SSSR count). The largest absolute Gasteiger partial charge is 0.508 e. The normalized spacial score (nSPS) is 13.5. The van der Waals surface area contributed by atoms with E-state index in [2.05, 4.69) is 16.0 Å². The Balaban J connectivity index is 3.03. The van der Waals surface area contributed by atoms with Crippen molar-refractivity contribution < 1.29 is 39.3 Å². The van der Waals surface area contributed by atoms with Crippen LogP contribution in [0.4, 0.5) is 0 Å². The number of carboxylic acids is 2. The zero-order valence-electron chi connectivity index (χ0n) is 18.8. The molecule has 3 amide bonds. The Bertz CT molecular complexity index is 854. The summed E-state index contributed by atoms with van der Waals surface area (Å²) in [5.74, 6) is -4.51. The summed E-state index contributed by atoms with van der Waals surface area (Å²) in [6.45, 7) is 4.79. The van der Waals surface area contributed by atoms with Gasteiger partial charge in [-0.2, -0.15) is 0 Å². The van der Waals surface area contributed by atoms with Crippen molar-refractivity contribution in [2.75, 3.05) is 0 Å². The van der Waals surface area contributed by atoms with Crippen LogP contribution in [-0.4, -0.2) is 63.1 Å². The number of hydrogen-bond donors (Lipinski definition) is 6. The van der Waals surface area contributed by atoms with Crippen LogP contribution in [0.25, 0.3) is 0 Å². The first-order chi connectivity index (χ1) is 15.4. The SMILES string of the molecule is CC(=O)NC(Cc1ccc(O)cc1)C(=O)NC(CCC(=O)O)C(=O)NC(CC(C)C)C(=O)O. The molecule has 3 atom stereocenters. The van der Waals surface area contributed by atoms with Crippen LogP contribution in [0.1, 0.15) is 45.6 Å². The predicted molar refractivity (Wildman–Crippen MR) is 117 cm³/mol. The molecular weight excluding hydrogens is 434 g/mol. The van der Waals surface area contributed by atoms with Crippen molar-refractivity contribution in [3.8, 4) is 5.75 Å². The van der Waals surface area contributed by atoms with Crippen molar-refractivity contribution in [3.05, 3.63) is 29.8 Å². The molecule has 0 bridgehead atoms. The Hall–Kier alpha value is -3.63. The number of carbonyl (C=O) groups excluding carboxylic acids is 3. The first-order valence-electron chi connectivity index (χ1n) is 10.5. The Morgan fingerprint density at radius 2 is 1.39 bits per heavy atom. The smallest absolute Gasteiger partial charge is 0.326 e. The Morgan fingerprint density at radius 1 is 0.848 bits per heavy atom. The van der Waals surface area contributed by atoms with Crippen LogP contribution in [0.3, 0.4) is 0 Å². The summed E-state index contributed by atoms with van der Waals surface area (Å²) in [4.78, 5) is 59.7. The minimum absolute atomic E-state index is 0.0269. The molecule has 3 unspecified atom stereocenters. The lowest BCUT2D eigenvalue weighted by Crippen LogP contribution is -2.56. The van der Waals surface area contributed by atoms with E-state index in [1.54, 1.807) is 26.0 Å². The van der Waals surface area contributed by atoms with Gasteiger partial charge < -0.3 is 31.3 Å². The van der Waals surface area contributed by atoms with Gasteiger partial charge in [0.2, 0.25) is 17.7 Å². The van der Waals surface area contributed by atoms with E-state index in [0.29, 0.717) is 5.56 Å². The van der Waals surface area contributed by atoms with E-state index in [-0.39, 0.29) is 30.9 Å². The molecule has 1 aromatic carbocycles. The second-order valence-corrected chi connectivity index (χ2v) is 8.15. The number of amides is 3. The van der Waals surface area contributed by atoms with Crippen molar-refractivity contribution in [2.45, 2.75) is 64.6 Å². The summed E-state index contributed by atoms with van der Waals surface area (Å²) in [5.41, 5.74) is 0.621. The highest BCUT2D eigenvalue weighted by atomic mass is 16.4. The second-order valence-electron chi connectivity index (χ2n) is 8.15. The molecule has 33 heavy (non-hydrogen) atoms. The van der Waals surface area contributed by atoms with Gasteiger partial charge in [-0.1, -0.05) is 26.0 Å². The molecule has 6 N–H and O–H groups in total. The molecule has 182 valence electrons. The standard InChI is InChI=1S/C22H31N3O8/c1-12(2)10-18(22(32)33)25-20(30)16(8-9-19(28)29)24-21(31)17(23-13(3)26)11-14-4-6-15(27)7-5-14/h4-7,12,16-18,27H,8-11H2,1-3H3,(H,23,26)(H,24,31)(H,25,30)(H,28,29)(H,32,33). The van der Waals surface area contributed by atoms with E-state index < -0.39 is 54.2 Å². The highest BCUT2D eigenvalue weighted by molar-refractivity contribution is 5.93. The summed E-state index contributed by atoms with van der Waals surface area (Å²) < 4.78 is 0. The fourth-order valence-electron chi connectivity index (χ4n) is 3.10. The summed E-state index contributed by atoms with van der Waals surface area (Å²) in [6.07, 6.45) is -0.518. The number of hydrogen-bond acceptors (Lipinski definition) is 6. The first-order valence-corrected chi connectivity index (χ1v) is 10.5. The number of carboxylic acid groups (broad SMARTS) is 2. The maximum Gasteiger partial charge on any atom is 0.326 e. The van der Waals surface area contributed by atoms with E-state index in [9.17, 15) is 34.2 Å². The molecule has 0 radical (unpaired) electrons. The molecule has 1 aromatic rings. The topological polar surface area (TPSA) is 182 Å². The van der Waals surface area contributed by atoms with Crippen LogP contribution in [-0.2, 0) is 30.4 Å².